The van der Waals surface area contributed by atoms with Crippen molar-refractivity contribution in [2.75, 3.05) is 36.8 Å². The summed E-state index contributed by atoms with van der Waals surface area (Å²) < 4.78 is 0. The molecular formula is C15H21N5. The zero-order chi connectivity index (χ0) is 13.9. The number of nitriles is 1. The van der Waals surface area contributed by atoms with Crippen LogP contribution in [0.2, 0.25) is 0 Å². The van der Waals surface area contributed by atoms with Crippen LogP contribution in [0.25, 0.3) is 0 Å². The quantitative estimate of drug-likeness (QED) is 0.884. The van der Waals surface area contributed by atoms with E-state index in [4.69, 9.17) is 5.73 Å². The van der Waals surface area contributed by atoms with Crippen LogP contribution in [0.4, 0.5) is 11.5 Å². The maximum absolute atomic E-state index is 9.22. The molecule has 2 N–H and O–H groups in total. The van der Waals surface area contributed by atoms with Gasteiger partial charge in [0.05, 0.1) is 17.4 Å². The van der Waals surface area contributed by atoms with Gasteiger partial charge in [-0.3, -0.25) is 4.90 Å². The Balaban J connectivity index is 1.67. The van der Waals surface area contributed by atoms with Gasteiger partial charge in [0.25, 0.3) is 0 Å². The van der Waals surface area contributed by atoms with E-state index < -0.39 is 0 Å². The van der Waals surface area contributed by atoms with Crippen LogP contribution in [0.15, 0.2) is 12.3 Å². The third-order valence-corrected chi connectivity index (χ3v) is 4.46. The zero-order valence-corrected chi connectivity index (χ0v) is 11.8. The van der Waals surface area contributed by atoms with Crippen LogP contribution < -0.4 is 10.6 Å². The molecular weight excluding hydrogens is 250 g/mol. The predicted molar refractivity (Wildman–Crippen MR) is 79.4 cm³/mol. The second-order valence-electron chi connectivity index (χ2n) is 5.71. The van der Waals surface area contributed by atoms with E-state index in [1.165, 1.54) is 25.7 Å². The summed E-state index contributed by atoms with van der Waals surface area (Å²) in [5.74, 6) is 0.785. The Bertz CT molecular complexity index is 507. The van der Waals surface area contributed by atoms with E-state index >= 15 is 0 Å². The Morgan fingerprint density at radius 2 is 1.90 bits per heavy atom. The van der Waals surface area contributed by atoms with Crippen molar-refractivity contribution < 1.29 is 0 Å². The maximum atomic E-state index is 9.22. The second-order valence-corrected chi connectivity index (χ2v) is 5.71. The fraction of sp³-hybridized carbons (Fsp3) is 0.600. The normalized spacial score (nSPS) is 21.1. The summed E-state index contributed by atoms with van der Waals surface area (Å²) in [5, 5.41) is 9.22. The first kappa shape index (κ1) is 13.2. The highest BCUT2D eigenvalue weighted by molar-refractivity contribution is 5.59. The monoisotopic (exact) mass is 271 g/mol. The van der Waals surface area contributed by atoms with Crippen LogP contribution in [0, 0.1) is 11.3 Å². The number of anilines is 2. The van der Waals surface area contributed by atoms with Crippen LogP contribution >= 0.6 is 0 Å². The lowest BCUT2D eigenvalue weighted by Crippen LogP contribution is -2.50. The fourth-order valence-electron chi connectivity index (χ4n) is 3.38. The van der Waals surface area contributed by atoms with Crippen molar-refractivity contribution >= 4 is 11.5 Å². The molecule has 2 fully saturated rings. The van der Waals surface area contributed by atoms with Gasteiger partial charge in [0.15, 0.2) is 0 Å². The summed E-state index contributed by atoms with van der Waals surface area (Å²) in [4.78, 5) is 9.17. The number of nitrogens with two attached hydrogens (primary N) is 1. The summed E-state index contributed by atoms with van der Waals surface area (Å²) >= 11 is 0. The number of pyridine rings is 1. The predicted octanol–water partition coefficient (Wildman–Crippen LogP) is 1.60. The van der Waals surface area contributed by atoms with Gasteiger partial charge in [-0.15, -0.1) is 0 Å². The van der Waals surface area contributed by atoms with Gasteiger partial charge in [-0.05, 0) is 18.9 Å². The van der Waals surface area contributed by atoms with E-state index in [1.54, 1.807) is 12.3 Å². The fourth-order valence-corrected chi connectivity index (χ4v) is 3.38. The maximum Gasteiger partial charge on any atom is 0.146 e. The van der Waals surface area contributed by atoms with Gasteiger partial charge in [0, 0.05) is 32.2 Å². The molecule has 0 spiro atoms. The van der Waals surface area contributed by atoms with Gasteiger partial charge in [-0.2, -0.15) is 5.26 Å². The Labute approximate surface area is 120 Å². The highest BCUT2D eigenvalue weighted by Crippen LogP contribution is 2.26. The molecule has 0 bridgehead atoms. The highest BCUT2D eigenvalue weighted by atomic mass is 15.3. The van der Waals surface area contributed by atoms with E-state index in [2.05, 4.69) is 20.9 Å². The smallest absolute Gasteiger partial charge is 0.146 e. The Morgan fingerprint density at radius 3 is 2.55 bits per heavy atom. The number of rotatable bonds is 2. The van der Waals surface area contributed by atoms with Crippen LogP contribution in [0.3, 0.4) is 0 Å². The molecule has 2 aliphatic rings. The van der Waals surface area contributed by atoms with Crippen LogP contribution in [-0.4, -0.2) is 42.1 Å². The van der Waals surface area contributed by atoms with Crippen molar-refractivity contribution in [1.82, 2.24) is 9.88 Å². The molecule has 2 heterocycles. The largest absolute Gasteiger partial charge is 0.397 e. The number of hydrogen-bond donors (Lipinski definition) is 1. The Kier molecular flexibility index (Phi) is 3.75. The first-order valence-electron chi connectivity index (χ1n) is 7.42. The Hall–Kier alpha value is -1.80. The van der Waals surface area contributed by atoms with E-state index in [0.29, 0.717) is 11.3 Å². The van der Waals surface area contributed by atoms with Crippen LogP contribution in [0.5, 0.6) is 0 Å². The lowest BCUT2D eigenvalue weighted by atomic mass is 10.1. The van der Waals surface area contributed by atoms with Crippen molar-refractivity contribution in [2.45, 2.75) is 31.7 Å². The highest BCUT2D eigenvalue weighted by Gasteiger charge is 2.27. The molecule has 1 aliphatic heterocycles. The number of piperazine rings is 1. The molecule has 5 heteroatoms. The van der Waals surface area contributed by atoms with Crippen molar-refractivity contribution in [3.8, 4) is 6.07 Å². The van der Waals surface area contributed by atoms with Gasteiger partial charge >= 0.3 is 0 Å². The molecule has 0 radical (unpaired) electrons. The molecule has 1 saturated carbocycles. The standard InChI is InChI=1S/C15H21N5/c16-10-12-9-13(17)11-18-15(12)20-7-5-19(6-8-20)14-3-1-2-4-14/h9,11,14H,1-8,17H2. The third kappa shape index (κ3) is 2.56. The van der Waals surface area contributed by atoms with Crippen LogP contribution in [0.1, 0.15) is 31.2 Å². The molecule has 0 unspecified atom stereocenters. The average Bonchev–Trinajstić information content (AvgIpc) is 3.01. The minimum Gasteiger partial charge on any atom is -0.397 e. The summed E-state index contributed by atoms with van der Waals surface area (Å²) in [6, 6.07) is 4.70. The third-order valence-electron chi connectivity index (χ3n) is 4.46. The average molecular weight is 271 g/mol. The van der Waals surface area contributed by atoms with Crippen LogP contribution in [-0.2, 0) is 0 Å². The van der Waals surface area contributed by atoms with Crippen molar-refractivity contribution in [3.05, 3.63) is 17.8 Å². The summed E-state index contributed by atoms with van der Waals surface area (Å²) in [6.45, 7) is 4.04. The molecule has 0 aromatic carbocycles. The van der Waals surface area contributed by atoms with E-state index in [0.717, 1.165) is 38.0 Å². The summed E-state index contributed by atoms with van der Waals surface area (Å²) in [7, 11) is 0. The van der Waals surface area contributed by atoms with Crippen molar-refractivity contribution in [3.63, 3.8) is 0 Å². The van der Waals surface area contributed by atoms with Gasteiger partial charge in [0.1, 0.15) is 11.9 Å². The summed E-state index contributed by atoms with van der Waals surface area (Å²) in [6.07, 6.45) is 7.10. The number of nitrogens with zero attached hydrogens (tertiary/aromatic N) is 4. The lowest BCUT2D eigenvalue weighted by Gasteiger charge is -2.38. The minimum absolute atomic E-state index is 0.551. The van der Waals surface area contributed by atoms with Crippen molar-refractivity contribution in [1.29, 1.82) is 5.26 Å². The molecule has 3 rings (SSSR count). The van der Waals surface area contributed by atoms with E-state index in [-0.39, 0.29) is 0 Å². The molecule has 1 aliphatic carbocycles. The molecule has 0 amide bonds. The van der Waals surface area contributed by atoms with E-state index in [9.17, 15) is 5.26 Å². The summed E-state index contributed by atoms with van der Waals surface area (Å²) in [5.41, 5.74) is 6.83. The molecule has 0 atom stereocenters. The first-order chi connectivity index (χ1) is 9.78. The molecule has 1 aromatic heterocycles. The van der Waals surface area contributed by atoms with Crippen molar-refractivity contribution in [2.24, 2.45) is 0 Å². The molecule has 1 saturated heterocycles. The topological polar surface area (TPSA) is 69.2 Å². The minimum atomic E-state index is 0.551. The van der Waals surface area contributed by atoms with E-state index in [1.807, 2.05) is 0 Å². The molecule has 5 nitrogen and oxygen atoms in total. The second kappa shape index (κ2) is 5.68. The van der Waals surface area contributed by atoms with Gasteiger partial charge in [-0.1, -0.05) is 12.8 Å². The first-order valence-corrected chi connectivity index (χ1v) is 7.42. The Morgan fingerprint density at radius 1 is 1.20 bits per heavy atom. The van der Waals surface area contributed by atoms with Gasteiger partial charge in [0.2, 0.25) is 0 Å². The van der Waals surface area contributed by atoms with Gasteiger partial charge in [-0.25, -0.2) is 4.98 Å². The number of aromatic nitrogens is 1. The lowest BCUT2D eigenvalue weighted by molar-refractivity contribution is 0.187. The molecule has 106 valence electrons. The number of nitrogen functional groups attached to an aromatic ring is 1. The molecule has 20 heavy (non-hydrogen) atoms. The van der Waals surface area contributed by atoms with Gasteiger partial charge < -0.3 is 10.6 Å². The zero-order valence-electron chi connectivity index (χ0n) is 11.8. The molecule has 1 aromatic rings. The SMILES string of the molecule is N#Cc1cc(N)cnc1N1CCN(C2CCCC2)CC1. The number of hydrogen-bond acceptors (Lipinski definition) is 5.